The van der Waals surface area contributed by atoms with Crippen LogP contribution in [-0.4, -0.2) is 54.7 Å². The van der Waals surface area contributed by atoms with E-state index < -0.39 is 12.1 Å². The summed E-state index contributed by atoms with van der Waals surface area (Å²) in [5.41, 5.74) is 2.19. The predicted octanol–water partition coefficient (Wildman–Crippen LogP) is 2.16. The van der Waals surface area contributed by atoms with Crippen molar-refractivity contribution in [1.29, 1.82) is 0 Å². The summed E-state index contributed by atoms with van der Waals surface area (Å²) in [5.74, 6) is 0.493. The van der Waals surface area contributed by atoms with E-state index in [4.69, 9.17) is 9.47 Å². The lowest BCUT2D eigenvalue weighted by atomic mass is 10.00. The smallest absolute Gasteiger partial charge is 0.248 e. The number of methoxy groups -OCH3 is 1. The Kier molecular flexibility index (Phi) is 6.85. The van der Waals surface area contributed by atoms with Crippen molar-refractivity contribution in [1.82, 2.24) is 4.90 Å². The van der Waals surface area contributed by atoms with Crippen molar-refractivity contribution in [3.8, 4) is 5.75 Å². The van der Waals surface area contributed by atoms with Crippen molar-refractivity contribution in [2.45, 2.75) is 25.5 Å². The van der Waals surface area contributed by atoms with Crippen LogP contribution in [0.1, 0.15) is 24.2 Å². The maximum atomic E-state index is 12.3. The molecule has 7 nitrogen and oxygen atoms in total. The molecule has 1 fully saturated rings. The Hall–Kier alpha value is -2.90. The fraction of sp³-hybridized carbons (Fsp3) is 0.364. The summed E-state index contributed by atoms with van der Waals surface area (Å²) in [5, 5.41) is 13.6. The van der Waals surface area contributed by atoms with Gasteiger partial charge in [0, 0.05) is 12.2 Å². The van der Waals surface area contributed by atoms with E-state index in [-0.39, 0.29) is 24.8 Å². The van der Waals surface area contributed by atoms with Gasteiger partial charge < -0.3 is 24.8 Å². The average Bonchev–Trinajstić information content (AvgIpc) is 2.74. The summed E-state index contributed by atoms with van der Waals surface area (Å²) in [4.78, 5) is 25.9. The number of nitrogens with zero attached hydrogens (tertiary/aromatic N) is 1. The lowest BCUT2D eigenvalue weighted by molar-refractivity contribution is -0.153. The summed E-state index contributed by atoms with van der Waals surface area (Å²) < 4.78 is 10.4. The molecule has 7 heteroatoms. The van der Waals surface area contributed by atoms with Crippen LogP contribution < -0.4 is 10.1 Å². The zero-order valence-electron chi connectivity index (χ0n) is 16.6. The third kappa shape index (κ3) is 5.13. The van der Waals surface area contributed by atoms with Gasteiger partial charge in [0.05, 0.1) is 26.2 Å². The number of anilines is 1. The normalized spacial score (nSPS) is 17.7. The van der Waals surface area contributed by atoms with Crippen LogP contribution in [0.25, 0.3) is 0 Å². The minimum atomic E-state index is -0.858. The van der Waals surface area contributed by atoms with Gasteiger partial charge in [-0.25, -0.2) is 0 Å². The van der Waals surface area contributed by atoms with Crippen LogP contribution >= 0.6 is 0 Å². The van der Waals surface area contributed by atoms with Gasteiger partial charge >= 0.3 is 0 Å². The number of hydrogen-bond donors (Lipinski definition) is 2. The highest BCUT2D eigenvalue weighted by Crippen LogP contribution is 2.25. The molecule has 2 amide bonds. The Balaban J connectivity index is 1.60. The molecule has 1 saturated heterocycles. The molecule has 2 atom stereocenters. The number of nitrogens with one attached hydrogen (secondary N) is 1. The Morgan fingerprint density at radius 3 is 2.55 bits per heavy atom. The van der Waals surface area contributed by atoms with Crippen molar-refractivity contribution in [2.75, 3.05) is 32.2 Å². The summed E-state index contributed by atoms with van der Waals surface area (Å²) in [7, 11) is 1.60. The molecule has 29 heavy (non-hydrogen) atoms. The third-order valence-corrected chi connectivity index (χ3v) is 5.00. The SMILES string of the molecule is CCN1C(=O)COC[C@@H]1[C@H](O)c1ccc(NC(=O)Cc2ccc(OC)cc2)cc1. The van der Waals surface area contributed by atoms with Gasteiger partial charge in [-0.1, -0.05) is 24.3 Å². The second-order valence-electron chi connectivity index (χ2n) is 6.90. The second kappa shape index (κ2) is 9.54. The Morgan fingerprint density at radius 1 is 1.24 bits per heavy atom. The van der Waals surface area contributed by atoms with Crippen LogP contribution in [0.3, 0.4) is 0 Å². The van der Waals surface area contributed by atoms with E-state index in [0.29, 0.717) is 24.4 Å². The highest BCUT2D eigenvalue weighted by molar-refractivity contribution is 5.92. The number of hydrogen-bond acceptors (Lipinski definition) is 5. The fourth-order valence-electron chi connectivity index (χ4n) is 3.42. The fourth-order valence-corrected chi connectivity index (χ4v) is 3.42. The topological polar surface area (TPSA) is 88.1 Å². The van der Waals surface area contributed by atoms with Crippen LogP contribution in [0.2, 0.25) is 0 Å². The maximum absolute atomic E-state index is 12.3. The van der Waals surface area contributed by atoms with Gasteiger partial charge in [-0.2, -0.15) is 0 Å². The molecule has 0 aliphatic carbocycles. The number of amides is 2. The van der Waals surface area contributed by atoms with Crippen LogP contribution in [0, 0.1) is 0 Å². The molecule has 1 aliphatic heterocycles. The zero-order chi connectivity index (χ0) is 20.8. The average molecular weight is 398 g/mol. The lowest BCUT2D eigenvalue weighted by Gasteiger charge is -2.37. The second-order valence-corrected chi connectivity index (χ2v) is 6.90. The number of likely N-dealkylation sites (N-methyl/N-ethyl adjacent to an activating group) is 1. The van der Waals surface area contributed by atoms with E-state index in [0.717, 1.165) is 11.3 Å². The number of ether oxygens (including phenoxy) is 2. The molecule has 0 radical (unpaired) electrons. The Labute approximate surface area is 170 Å². The van der Waals surface area contributed by atoms with E-state index in [1.54, 1.807) is 36.3 Å². The summed E-state index contributed by atoms with van der Waals surface area (Å²) in [6.45, 7) is 2.74. The van der Waals surface area contributed by atoms with Crippen molar-refractivity contribution in [3.05, 3.63) is 59.7 Å². The monoisotopic (exact) mass is 398 g/mol. The molecule has 0 bridgehead atoms. The molecule has 3 rings (SSSR count). The highest BCUT2D eigenvalue weighted by Gasteiger charge is 2.33. The van der Waals surface area contributed by atoms with Crippen LogP contribution in [0.5, 0.6) is 5.75 Å². The number of carbonyl (C=O) groups is 2. The molecule has 0 spiro atoms. The van der Waals surface area contributed by atoms with Crippen molar-refractivity contribution in [3.63, 3.8) is 0 Å². The molecule has 1 heterocycles. The number of aliphatic hydroxyl groups excluding tert-OH is 1. The molecular formula is C22H26N2O5. The number of benzene rings is 2. The van der Waals surface area contributed by atoms with Gasteiger partial charge in [-0.15, -0.1) is 0 Å². The zero-order valence-corrected chi connectivity index (χ0v) is 16.6. The largest absolute Gasteiger partial charge is 0.497 e. The minimum Gasteiger partial charge on any atom is -0.497 e. The molecular weight excluding hydrogens is 372 g/mol. The van der Waals surface area contributed by atoms with Gasteiger partial charge in [-0.3, -0.25) is 9.59 Å². The molecule has 1 aliphatic rings. The number of rotatable bonds is 7. The van der Waals surface area contributed by atoms with Gasteiger partial charge in [0.1, 0.15) is 18.5 Å². The summed E-state index contributed by atoms with van der Waals surface area (Å²) in [6, 6.07) is 13.9. The van der Waals surface area contributed by atoms with Gasteiger partial charge in [0.25, 0.3) is 0 Å². The minimum absolute atomic E-state index is 0.0518. The molecule has 2 aromatic carbocycles. The quantitative estimate of drug-likeness (QED) is 0.746. The van der Waals surface area contributed by atoms with E-state index in [9.17, 15) is 14.7 Å². The Bertz CT molecular complexity index is 835. The van der Waals surface area contributed by atoms with Crippen LogP contribution in [0.15, 0.2) is 48.5 Å². The first-order chi connectivity index (χ1) is 14.0. The first kappa shape index (κ1) is 20.8. The van der Waals surface area contributed by atoms with Crippen molar-refractivity contribution in [2.24, 2.45) is 0 Å². The summed E-state index contributed by atoms with van der Waals surface area (Å²) >= 11 is 0. The van der Waals surface area contributed by atoms with Crippen LogP contribution in [0.4, 0.5) is 5.69 Å². The number of aliphatic hydroxyl groups is 1. The highest BCUT2D eigenvalue weighted by atomic mass is 16.5. The van der Waals surface area contributed by atoms with Gasteiger partial charge in [-0.05, 0) is 42.3 Å². The van der Waals surface area contributed by atoms with E-state index in [2.05, 4.69) is 5.32 Å². The van der Waals surface area contributed by atoms with E-state index >= 15 is 0 Å². The van der Waals surface area contributed by atoms with E-state index in [1.165, 1.54) is 0 Å². The van der Waals surface area contributed by atoms with Gasteiger partial charge in [0.15, 0.2) is 0 Å². The van der Waals surface area contributed by atoms with Crippen molar-refractivity contribution < 1.29 is 24.2 Å². The maximum Gasteiger partial charge on any atom is 0.248 e. The third-order valence-electron chi connectivity index (χ3n) is 5.00. The first-order valence-electron chi connectivity index (χ1n) is 9.59. The Morgan fingerprint density at radius 2 is 1.93 bits per heavy atom. The number of morpholine rings is 1. The standard InChI is InChI=1S/C22H26N2O5/c1-3-24-19(13-29-14-21(24)26)22(27)16-6-8-17(9-7-16)23-20(25)12-15-4-10-18(28-2)11-5-15/h4-11,19,22,27H,3,12-14H2,1-2H3,(H,23,25)/t19-,22-/m1/s1. The summed E-state index contributed by atoms with van der Waals surface area (Å²) in [6.07, 6.45) is -0.607. The molecule has 0 aromatic heterocycles. The molecule has 2 N–H and O–H groups in total. The molecule has 154 valence electrons. The molecule has 0 saturated carbocycles. The van der Waals surface area contributed by atoms with Crippen molar-refractivity contribution >= 4 is 17.5 Å². The van der Waals surface area contributed by atoms with Gasteiger partial charge in [0.2, 0.25) is 11.8 Å². The number of carbonyl (C=O) groups excluding carboxylic acids is 2. The predicted molar refractivity (Wildman–Crippen MR) is 109 cm³/mol. The lowest BCUT2D eigenvalue weighted by Crippen LogP contribution is -2.51. The van der Waals surface area contributed by atoms with E-state index in [1.807, 2.05) is 31.2 Å². The molecule has 2 aromatic rings. The molecule has 0 unspecified atom stereocenters. The van der Waals surface area contributed by atoms with Crippen LogP contribution in [-0.2, 0) is 20.7 Å². The first-order valence-corrected chi connectivity index (χ1v) is 9.59.